The summed E-state index contributed by atoms with van der Waals surface area (Å²) in [5.41, 5.74) is 3.49. The Morgan fingerprint density at radius 3 is 2.89 bits per heavy atom. The van der Waals surface area contributed by atoms with Crippen molar-refractivity contribution in [2.45, 2.75) is 12.5 Å². The summed E-state index contributed by atoms with van der Waals surface area (Å²) in [6.07, 6.45) is 3.95. The average Bonchev–Trinajstić information content (AvgIpc) is 2.95. The summed E-state index contributed by atoms with van der Waals surface area (Å²) in [5, 5.41) is 10.4. The predicted molar refractivity (Wildman–Crippen MR) is 70.7 cm³/mol. The van der Waals surface area contributed by atoms with Crippen LogP contribution in [0.2, 0.25) is 0 Å². The molecule has 0 saturated carbocycles. The lowest BCUT2D eigenvalue weighted by atomic mass is 10.0. The number of hydrogen-bond donors (Lipinski definition) is 1. The minimum atomic E-state index is -0.652. The molecule has 1 aliphatic heterocycles. The van der Waals surface area contributed by atoms with E-state index in [0.717, 1.165) is 18.5 Å². The Morgan fingerprint density at radius 2 is 2.17 bits per heavy atom. The van der Waals surface area contributed by atoms with Crippen molar-refractivity contribution in [2.24, 2.45) is 7.05 Å². The van der Waals surface area contributed by atoms with Crippen LogP contribution in [-0.2, 0) is 13.5 Å². The van der Waals surface area contributed by atoms with Crippen molar-refractivity contribution in [2.75, 3.05) is 18.5 Å². The van der Waals surface area contributed by atoms with Crippen LogP contribution in [0.1, 0.15) is 23.1 Å². The molecule has 0 radical (unpaired) electrons. The van der Waals surface area contributed by atoms with Gasteiger partial charge in [0.05, 0.1) is 0 Å². The van der Waals surface area contributed by atoms with Crippen LogP contribution in [-0.4, -0.2) is 28.3 Å². The Hall–Kier alpha value is -1.81. The first kappa shape index (κ1) is 11.3. The highest BCUT2D eigenvalue weighted by molar-refractivity contribution is 5.58. The number of anilines is 1. The van der Waals surface area contributed by atoms with Crippen LogP contribution >= 0.6 is 0 Å². The number of likely N-dealkylation sites (N-methyl/N-ethyl adjacent to an activating group) is 1. The van der Waals surface area contributed by atoms with Crippen LogP contribution in [0.5, 0.6) is 0 Å². The van der Waals surface area contributed by atoms with Crippen molar-refractivity contribution < 1.29 is 5.11 Å². The van der Waals surface area contributed by atoms with E-state index in [1.807, 2.05) is 23.9 Å². The normalized spacial score (nSPS) is 15.8. The van der Waals surface area contributed by atoms with Crippen molar-refractivity contribution in [3.63, 3.8) is 0 Å². The van der Waals surface area contributed by atoms with Crippen molar-refractivity contribution >= 4 is 5.69 Å². The first-order chi connectivity index (χ1) is 8.66. The summed E-state index contributed by atoms with van der Waals surface area (Å²) in [6.45, 7) is 1.05. The fourth-order valence-electron chi connectivity index (χ4n) is 2.55. The highest BCUT2D eigenvalue weighted by atomic mass is 16.3. The van der Waals surface area contributed by atoms with Gasteiger partial charge in [-0.1, -0.05) is 12.1 Å². The monoisotopic (exact) mass is 243 g/mol. The summed E-state index contributed by atoms with van der Waals surface area (Å²) in [7, 11) is 3.99. The van der Waals surface area contributed by atoms with Crippen molar-refractivity contribution in [1.82, 2.24) is 9.55 Å². The molecule has 3 rings (SSSR count). The van der Waals surface area contributed by atoms with Gasteiger partial charge in [-0.3, -0.25) is 0 Å². The SMILES string of the molecule is CN1CCc2cc(C(O)c3nccn3C)ccc21. The maximum Gasteiger partial charge on any atom is 0.142 e. The second-order valence-electron chi connectivity index (χ2n) is 4.86. The second kappa shape index (κ2) is 4.14. The molecule has 0 saturated heterocycles. The molecule has 0 aliphatic carbocycles. The zero-order valence-corrected chi connectivity index (χ0v) is 10.7. The lowest BCUT2D eigenvalue weighted by Gasteiger charge is -2.15. The molecule has 0 fully saturated rings. The van der Waals surface area contributed by atoms with E-state index in [1.54, 1.807) is 6.20 Å². The Labute approximate surface area is 107 Å². The second-order valence-corrected chi connectivity index (χ2v) is 4.86. The van der Waals surface area contributed by atoms with Crippen LogP contribution in [0, 0.1) is 0 Å². The maximum atomic E-state index is 10.4. The minimum absolute atomic E-state index is 0.652. The molecule has 1 unspecified atom stereocenters. The maximum absolute atomic E-state index is 10.4. The van der Waals surface area contributed by atoms with Crippen LogP contribution in [0.3, 0.4) is 0 Å². The largest absolute Gasteiger partial charge is 0.380 e. The molecule has 0 amide bonds. The Bertz CT molecular complexity index is 576. The highest BCUT2D eigenvalue weighted by Crippen LogP contribution is 2.30. The summed E-state index contributed by atoms with van der Waals surface area (Å²) in [4.78, 5) is 6.45. The number of aliphatic hydroxyl groups excluding tert-OH is 1. The molecule has 4 nitrogen and oxygen atoms in total. The van der Waals surface area contributed by atoms with Crippen molar-refractivity contribution in [3.05, 3.63) is 47.5 Å². The molecule has 1 aromatic heterocycles. The summed E-state index contributed by atoms with van der Waals surface area (Å²) in [6, 6.07) is 6.17. The molecule has 4 heteroatoms. The predicted octanol–water partition coefficient (Wildman–Crippen LogP) is 1.49. The summed E-state index contributed by atoms with van der Waals surface area (Å²) in [5.74, 6) is 0.682. The topological polar surface area (TPSA) is 41.3 Å². The van der Waals surface area contributed by atoms with Gasteiger partial charge in [-0.05, 0) is 23.6 Å². The lowest BCUT2D eigenvalue weighted by molar-refractivity contribution is 0.206. The lowest BCUT2D eigenvalue weighted by Crippen LogP contribution is -2.12. The summed E-state index contributed by atoms with van der Waals surface area (Å²) >= 11 is 0. The van der Waals surface area contributed by atoms with E-state index in [0.29, 0.717) is 5.82 Å². The van der Waals surface area contributed by atoms with Gasteiger partial charge in [-0.25, -0.2) is 4.98 Å². The van der Waals surface area contributed by atoms with Gasteiger partial charge in [0.1, 0.15) is 11.9 Å². The van der Waals surface area contributed by atoms with E-state index in [9.17, 15) is 5.11 Å². The molecule has 94 valence electrons. The van der Waals surface area contributed by atoms with Crippen molar-refractivity contribution in [3.8, 4) is 0 Å². The molecular formula is C14H17N3O. The van der Waals surface area contributed by atoms with Crippen LogP contribution in [0.25, 0.3) is 0 Å². The third-order valence-electron chi connectivity index (χ3n) is 3.65. The molecule has 2 aromatic rings. The Balaban J connectivity index is 1.96. The van der Waals surface area contributed by atoms with Gasteiger partial charge in [0.25, 0.3) is 0 Å². The smallest absolute Gasteiger partial charge is 0.142 e. The first-order valence-electron chi connectivity index (χ1n) is 6.16. The molecule has 1 atom stereocenters. The molecule has 1 aromatic carbocycles. The Kier molecular flexibility index (Phi) is 2.59. The number of aromatic nitrogens is 2. The standard InChI is InChI=1S/C14H17N3O/c1-16-7-5-10-9-11(3-4-12(10)16)13(18)14-15-6-8-17(14)2/h3-4,6,8-9,13,18H,5,7H2,1-2H3. The number of hydrogen-bond acceptors (Lipinski definition) is 3. The van der Waals surface area contributed by atoms with Crippen LogP contribution in [0.15, 0.2) is 30.6 Å². The van der Waals surface area contributed by atoms with Gasteiger partial charge in [0, 0.05) is 38.7 Å². The number of rotatable bonds is 2. The van der Waals surface area contributed by atoms with Crippen molar-refractivity contribution in [1.29, 1.82) is 0 Å². The molecule has 2 heterocycles. The van der Waals surface area contributed by atoms with E-state index in [2.05, 4.69) is 29.1 Å². The van der Waals surface area contributed by atoms with E-state index in [4.69, 9.17) is 0 Å². The van der Waals surface area contributed by atoms with E-state index >= 15 is 0 Å². The number of nitrogens with zero attached hydrogens (tertiary/aromatic N) is 3. The van der Waals surface area contributed by atoms with E-state index in [-0.39, 0.29) is 0 Å². The number of imidazole rings is 1. The molecule has 1 aliphatic rings. The number of aliphatic hydroxyl groups is 1. The number of benzene rings is 1. The van der Waals surface area contributed by atoms with Gasteiger partial charge in [0.15, 0.2) is 0 Å². The van der Waals surface area contributed by atoms with Gasteiger partial charge in [-0.15, -0.1) is 0 Å². The molecule has 18 heavy (non-hydrogen) atoms. The van der Waals surface area contributed by atoms with Gasteiger partial charge in [-0.2, -0.15) is 0 Å². The Morgan fingerprint density at radius 1 is 1.33 bits per heavy atom. The van der Waals surface area contributed by atoms with Crippen LogP contribution < -0.4 is 4.90 Å². The van der Waals surface area contributed by atoms with E-state index < -0.39 is 6.10 Å². The zero-order chi connectivity index (χ0) is 12.7. The molecular weight excluding hydrogens is 226 g/mol. The molecule has 1 N–H and O–H groups in total. The third-order valence-corrected chi connectivity index (χ3v) is 3.65. The fraction of sp³-hybridized carbons (Fsp3) is 0.357. The third kappa shape index (κ3) is 1.69. The average molecular weight is 243 g/mol. The van der Waals surface area contributed by atoms with Crippen LogP contribution in [0.4, 0.5) is 5.69 Å². The van der Waals surface area contributed by atoms with Gasteiger partial charge >= 0.3 is 0 Å². The minimum Gasteiger partial charge on any atom is -0.380 e. The van der Waals surface area contributed by atoms with E-state index in [1.165, 1.54) is 11.3 Å². The summed E-state index contributed by atoms with van der Waals surface area (Å²) < 4.78 is 1.85. The fourth-order valence-corrected chi connectivity index (χ4v) is 2.55. The quantitative estimate of drug-likeness (QED) is 0.869. The van der Waals surface area contributed by atoms with Gasteiger partial charge in [0.2, 0.25) is 0 Å². The molecule has 0 spiro atoms. The van der Waals surface area contributed by atoms with Gasteiger partial charge < -0.3 is 14.6 Å². The first-order valence-corrected chi connectivity index (χ1v) is 6.16. The zero-order valence-electron chi connectivity index (χ0n) is 10.7. The number of aryl methyl sites for hydroxylation is 1. The highest BCUT2D eigenvalue weighted by Gasteiger charge is 2.20. The number of fused-ring (bicyclic) bond motifs is 1. The molecule has 0 bridgehead atoms.